The van der Waals surface area contributed by atoms with Crippen LogP contribution in [0.15, 0.2) is 36.9 Å². The average molecular weight is 394 g/mol. The molecular weight excluding hydrogens is 373 g/mol. The molecule has 1 N–H and O–H groups in total. The zero-order valence-corrected chi connectivity index (χ0v) is 15.8. The summed E-state index contributed by atoms with van der Waals surface area (Å²) in [7, 11) is 0. The molecule has 5 nitrogen and oxygen atoms in total. The first-order chi connectivity index (χ1) is 13.1. The molecule has 1 aromatic heterocycles. The molecule has 1 heterocycles. The number of ether oxygens (including phenoxy) is 1. The fraction of sp³-hybridized carbons (Fsp3) is 0.300. The van der Waals surface area contributed by atoms with Gasteiger partial charge in [-0.2, -0.15) is 13.2 Å². The van der Waals surface area contributed by atoms with Crippen molar-refractivity contribution in [1.82, 2.24) is 4.57 Å². The van der Waals surface area contributed by atoms with E-state index in [4.69, 9.17) is 4.74 Å². The molecule has 150 valence electrons. The molecule has 1 aromatic carbocycles. The lowest BCUT2D eigenvalue weighted by Gasteiger charge is -2.14. The van der Waals surface area contributed by atoms with E-state index >= 15 is 0 Å². The molecule has 0 bridgehead atoms. The minimum atomic E-state index is -4.61. The fourth-order valence-corrected chi connectivity index (χ4v) is 3.07. The van der Waals surface area contributed by atoms with E-state index in [-0.39, 0.29) is 30.1 Å². The van der Waals surface area contributed by atoms with Gasteiger partial charge in [-0.1, -0.05) is 18.2 Å². The van der Waals surface area contributed by atoms with Crippen molar-refractivity contribution in [1.29, 1.82) is 0 Å². The van der Waals surface area contributed by atoms with Crippen LogP contribution in [0.1, 0.15) is 44.6 Å². The number of alkyl halides is 3. The molecule has 0 unspecified atom stereocenters. The molecule has 0 aliphatic carbocycles. The van der Waals surface area contributed by atoms with Crippen LogP contribution in [0.3, 0.4) is 0 Å². The molecule has 2 aromatic rings. The number of nitrogens with zero attached hydrogens (tertiary/aromatic N) is 1. The van der Waals surface area contributed by atoms with E-state index in [1.165, 1.54) is 18.2 Å². The van der Waals surface area contributed by atoms with Gasteiger partial charge in [0, 0.05) is 12.2 Å². The first kappa shape index (κ1) is 21.3. The lowest BCUT2D eigenvalue weighted by Crippen LogP contribution is -2.18. The van der Waals surface area contributed by atoms with Crippen molar-refractivity contribution in [2.45, 2.75) is 33.5 Å². The Bertz CT molecular complexity index is 914. The topological polar surface area (TPSA) is 60.3 Å². The van der Waals surface area contributed by atoms with Crippen molar-refractivity contribution >= 4 is 17.6 Å². The second kappa shape index (κ2) is 8.33. The standard InChI is InChI=1S/C20H21F3N2O3/c1-5-11-25-13(4)16(12(3)17(25)19(27)28-6-2)18(26)24-15-10-8-7-9-14(15)20(21,22)23/h5,7-10H,1,6,11H2,2-4H3,(H,24,26). The second-order valence-electron chi connectivity index (χ2n) is 6.05. The maximum absolute atomic E-state index is 13.2. The van der Waals surface area contributed by atoms with E-state index in [0.29, 0.717) is 11.3 Å². The molecule has 0 spiro atoms. The number of nitrogens with one attached hydrogen (secondary N) is 1. The summed E-state index contributed by atoms with van der Waals surface area (Å²) in [5, 5.41) is 2.32. The van der Waals surface area contributed by atoms with Crippen LogP contribution >= 0.6 is 0 Å². The van der Waals surface area contributed by atoms with Gasteiger partial charge in [0.15, 0.2) is 0 Å². The smallest absolute Gasteiger partial charge is 0.418 e. The van der Waals surface area contributed by atoms with Gasteiger partial charge < -0.3 is 14.6 Å². The Morgan fingerprint density at radius 2 is 1.89 bits per heavy atom. The fourth-order valence-electron chi connectivity index (χ4n) is 3.07. The number of halogens is 3. The first-order valence-corrected chi connectivity index (χ1v) is 8.58. The van der Waals surface area contributed by atoms with Gasteiger partial charge in [-0.05, 0) is 38.5 Å². The summed E-state index contributed by atoms with van der Waals surface area (Å²) < 4.78 is 46.2. The molecule has 0 atom stereocenters. The number of rotatable bonds is 6. The van der Waals surface area contributed by atoms with Crippen molar-refractivity contribution in [3.63, 3.8) is 0 Å². The van der Waals surface area contributed by atoms with Gasteiger partial charge in [0.25, 0.3) is 5.91 Å². The predicted molar refractivity (Wildman–Crippen MR) is 99.5 cm³/mol. The van der Waals surface area contributed by atoms with E-state index in [0.717, 1.165) is 6.07 Å². The van der Waals surface area contributed by atoms with Crippen LogP contribution in [0.4, 0.5) is 18.9 Å². The molecule has 1 amide bonds. The van der Waals surface area contributed by atoms with E-state index < -0.39 is 23.6 Å². The van der Waals surface area contributed by atoms with Crippen LogP contribution < -0.4 is 5.32 Å². The van der Waals surface area contributed by atoms with Crippen LogP contribution in [0.25, 0.3) is 0 Å². The molecule has 0 radical (unpaired) electrons. The summed E-state index contributed by atoms with van der Waals surface area (Å²) >= 11 is 0. The summed E-state index contributed by atoms with van der Waals surface area (Å²) in [6, 6.07) is 4.71. The second-order valence-corrected chi connectivity index (χ2v) is 6.05. The number of anilines is 1. The third kappa shape index (κ3) is 4.11. The van der Waals surface area contributed by atoms with Gasteiger partial charge >= 0.3 is 12.1 Å². The van der Waals surface area contributed by atoms with Crippen LogP contribution in [-0.4, -0.2) is 23.1 Å². The SMILES string of the molecule is C=CCn1c(C)c(C(=O)Nc2ccccc2C(F)(F)F)c(C)c1C(=O)OCC. The molecule has 0 saturated heterocycles. The number of carbonyl (C=O) groups is 2. The van der Waals surface area contributed by atoms with Gasteiger partial charge in [-0.25, -0.2) is 4.79 Å². The van der Waals surface area contributed by atoms with E-state index in [1.807, 2.05) is 0 Å². The molecule has 28 heavy (non-hydrogen) atoms. The largest absolute Gasteiger partial charge is 0.461 e. The average Bonchev–Trinajstić information content (AvgIpc) is 2.85. The number of amides is 1. The third-order valence-electron chi connectivity index (χ3n) is 4.25. The number of benzene rings is 1. The van der Waals surface area contributed by atoms with Gasteiger partial charge in [0.05, 0.1) is 23.4 Å². The van der Waals surface area contributed by atoms with Crippen molar-refractivity contribution in [2.24, 2.45) is 0 Å². The quantitative estimate of drug-likeness (QED) is 0.569. The van der Waals surface area contributed by atoms with Crippen molar-refractivity contribution in [3.8, 4) is 0 Å². The minimum absolute atomic E-state index is 0.127. The monoisotopic (exact) mass is 394 g/mol. The summed E-state index contributed by atoms with van der Waals surface area (Å²) in [6.45, 7) is 8.86. The Morgan fingerprint density at radius 3 is 2.46 bits per heavy atom. The normalized spacial score (nSPS) is 11.2. The summed E-state index contributed by atoms with van der Waals surface area (Å²) in [6.07, 6.45) is -3.06. The van der Waals surface area contributed by atoms with Gasteiger partial charge in [0.1, 0.15) is 5.69 Å². The van der Waals surface area contributed by atoms with Crippen LogP contribution in [0, 0.1) is 13.8 Å². The number of hydrogen-bond donors (Lipinski definition) is 1. The lowest BCUT2D eigenvalue weighted by atomic mass is 10.1. The van der Waals surface area contributed by atoms with Crippen molar-refractivity contribution < 1.29 is 27.5 Å². The van der Waals surface area contributed by atoms with Crippen LogP contribution in [0.2, 0.25) is 0 Å². The Morgan fingerprint density at radius 1 is 1.25 bits per heavy atom. The maximum atomic E-state index is 13.2. The lowest BCUT2D eigenvalue weighted by molar-refractivity contribution is -0.136. The summed E-state index contributed by atoms with van der Waals surface area (Å²) in [4.78, 5) is 25.2. The Hall–Kier alpha value is -3.03. The third-order valence-corrected chi connectivity index (χ3v) is 4.25. The number of esters is 1. The highest BCUT2D eigenvalue weighted by Crippen LogP contribution is 2.35. The van der Waals surface area contributed by atoms with Crippen LogP contribution in [-0.2, 0) is 17.5 Å². The zero-order chi connectivity index (χ0) is 21.1. The van der Waals surface area contributed by atoms with Gasteiger partial charge in [-0.15, -0.1) is 6.58 Å². The zero-order valence-electron chi connectivity index (χ0n) is 15.8. The van der Waals surface area contributed by atoms with Crippen LogP contribution in [0.5, 0.6) is 0 Å². The first-order valence-electron chi connectivity index (χ1n) is 8.58. The molecule has 8 heteroatoms. The molecular formula is C20H21F3N2O3. The van der Waals surface area contributed by atoms with Crippen molar-refractivity contribution in [2.75, 3.05) is 11.9 Å². The predicted octanol–water partition coefficient (Wildman–Crippen LogP) is 4.74. The van der Waals surface area contributed by atoms with Gasteiger partial charge in [-0.3, -0.25) is 4.79 Å². The van der Waals surface area contributed by atoms with E-state index in [1.54, 1.807) is 31.4 Å². The summed E-state index contributed by atoms with van der Waals surface area (Å²) in [5.41, 5.74) is -0.236. The number of carbonyl (C=O) groups excluding carboxylic acids is 2. The minimum Gasteiger partial charge on any atom is -0.461 e. The van der Waals surface area contributed by atoms with Crippen molar-refractivity contribution in [3.05, 3.63) is 65.0 Å². The number of hydrogen-bond acceptors (Lipinski definition) is 3. The van der Waals surface area contributed by atoms with E-state index in [2.05, 4.69) is 11.9 Å². The molecule has 0 aliphatic heterocycles. The molecule has 0 fully saturated rings. The number of aromatic nitrogens is 1. The Balaban J connectivity index is 2.52. The highest BCUT2D eigenvalue weighted by Gasteiger charge is 2.34. The highest BCUT2D eigenvalue weighted by atomic mass is 19.4. The Kier molecular flexibility index (Phi) is 6.33. The molecule has 0 aliphatic rings. The molecule has 2 rings (SSSR count). The van der Waals surface area contributed by atoms with E-state index in [9.17, 15) is 22.8 Å². The van der Waals surface area contributed by atoms with Gasteiger partial charge in [0.2, 0.25) is 0 Å². The number of allylic oxidation sites excluding steroid dienone is 1. The Labute approximate surface area is 160 Å². The number of para-hydroxylation sites is 1. The highest BCUT2D eigenvalue weighted by molar-refractivity contribution is 6.08. The maximum Gasteiger partial charge on any atom is 0.418 e. The summed E-state index contributed by atoms with van der Waals surface area (Å²) in [5.74, 6) is -1.35. The molecule has 0 saturated carbocycles.